The minimum absolute atomic E-state index is 0.0402. The van der Waals surface area contributed by atoms with E-state index in [1.54, 1.807) is 13.3 Å². The van der Waals surface area contributed by atoms with Gasteiger partial charge in [-0.25, -0.2) is 9.97 Å². The Morgan fingerprint density at radius 1 is 1.31 bits per heavy atom. The van der Waals surface area contributed by atoms with Crippen LogP contribution in [0.15, 0.2) is 23.1 Å². The molecule has 6 nitrogen and oxygen atoms in total. The SMILES string of the molecule is COc1ncccc1CN1CCc2nc(C3CCCCC3)[nH]c(=O)c2C1. The van der Waals surface area contributed by atoms with E-state index in [4.69, 9.17) is 9.72 Å². The van der Waals surface area contributed by atoms with Gasteiger partial charge in [0.15, 0.2) is 0 Å². The first-order chi connectivity index (χ1) is 12.7. The fourth-order valence-corrected chi connectivity index (χ4v) is 4.17. The van der Waals surface area contributed by atoms with Crippen molar-refractivity contribution in [3.63, 3.8) is 0 Å². The molecule has 0 bridgehead atoms. The molecule has 2 aromatic heterocycles. The molecule has 2 aliphatic rings. The van der Waals surface area contributed by atoms with E-state index in [0.717, 1.165) is 55.0 Å². The lowest BCUT2D eigenvalue weighted by Gasteiger charge is -2.29. The summed E-state index contributed by atoms with van der Waals surface area (Å²) in [7, 11) is 1.64. The molecule has 0 unspecified atom stereocenters. The molecule has 4 rings (SSSR count). The van der Waals surface area contributed by atoms with E-state index in [-0.39, 0.29) is 5.56 Å². The van der Waals surface area contributed by atoms with Crippen molar-refractivity contribution < 1.29 is 4.74 Å². The van der Waals surface area contributed by atoms with Crippen molar-refractivity contribution >= 4 is 0 Å². The van der Waals surface area contributed by atoms with Crippen LogP contribution in [-0.2, 0) is 19.5 Å². The first kappa shape index (κ1) is 17.2. The predicted octanol–water partition coefficient (Wildman–Crippen LogP) is 2.78. The van der Waals surface area contributed by atoms with Crippen LogP contribution in [0.3, 0.4) is 0 Å². The van der Waals surface area contributed by atoms with Crippen LogP contribution in [0.2, 0.25) is 0 Å². The van der Waals surface area contributed by atoms with E-state index in [1.165, 1.54) is 19.3 Å². The summed E-state index contributed by atoms with van der Waals surface area (Å²) in [6, 6.07) is 3.94. The largest absolute Gasteiger partial charge is 0.481 e. The number of H-pyrrole nitrogens is 1. The fourth-order valence-electron chi connectivity index (χ4n) is 4.17. The molecule has 0 aromatic carbocycles. The van der Waals surface area contributed by atoms with Crippen LogP contribution in [0.4, 0.5) is 0 Å². The molecule has 0 saturated heterocycles. The Morgan fingerprint density at radius 2 is 2.15 bits per heavy atom. The molecule has 6 heteroatoms. The van der Waals surface area contributed by atoms with Crippen LogP contribution < -0.4 is 10.3 Å². The van der Waals surface area contributed by atoms with Gasteiger partial charge in [0.1, 0.15) is 5.82 Å². The molecule has 1 aliphatic heterocycles. The molecule has 2 aromatic rings. The average Bonchev–Trinajstić information content (AvgIpc) is 2.69. The van der Waals surface area contributed by atoms with Gasteiger partial charge >= 0.3 is 0 Å². The zero-order valence-corrected chi connectivity index (χ0v) is 15.3. The molecule has 1 fully saturated rings. The van der Waals surface area contributed by atoms with E-state index in [1.807, 2.05) is 12.1 Å². The molecule has 0 atom stereocenters. The Kier molecular flexibility index (Phi) is 5.02. The van der Waals surface area contributed by atoms with Crippen molar-refractivity contribution in [2.24, 2.45) is 0 Å². The number of hydrogen-bond donors (Lipinski definition) is 1. The van der Waals surface area contributed by atoms with E-state index < -0.39 is 0 Å². The summed E-state index contributed by atoms with van der Waals surface area (Å²) in [4.78, 5) is 27.1. The van der Waals surface area contributed by atoms with E-state index >= 15 is 0 Å². The summed E-state index contributed by atoms with van der Waals surface area (Å²) in [5.74, 6) is 1.99. The lowest BCUT2D eigenvalue weighted by molar-refractivity contribution is 0.236. The highest BCUT2D eigenvalue weighted by molar-refractivity contribution is 5.27. The molecular formula is C20H26N4O2. The number of ether oxygens (including phenoxy) is 1. The van der Waals surface area contributed by atoms with Gasteiger partial charge in [0.2, 0.25) is 5.88 Å². The third-order valence-corrected chi connectivity index (χ3v) is 5.60. The number of aromatic amines is 1. The standard InChI is InChI=1S/C20H26N4O2/c1-26-20-15(8-5-10-21-20)12-24-11-9-17-16(13-24)19(25)23-18(22-17)14-6-3-2-4-7-14/h5,8,10,14H,2-4,6-7,9,11-13H2,1H3,(H,22,23,25). The molecule has 0 radical (unpaired) electrons. The summed E-state index contributed by atoms with van der Waals surface area (Å²) < 4.78 is 5.34. The van der Waals surface area contributed by atoms with Gasteiger partial charge in [-0.05, 0) is 18.9 Å². The minimum atomic E-state index is 0.0402. The summed E-state index contributed by atoms with van der Waals surface area (Å²) in [6.07, 6.45) is 8.64. The quantitative estimate of drug-likeness (QED) is 0.914. The number of fused-ring (bicyclic) bond motifs is 1. The van der Waals surface area contributed by atoms with Crippen molar-refractivity contribution in [3.8, 4) is 5.88 Å². The number of hydrogen-bond acceptors (Lipinski definition) is 5. The molecule has 26 heavy (non-hydrogen) atoms. The summed E-state index contributed by atoms with van der Waals surface area (Å²) >= 11 is 0. The first-order valence-electron chi connectivity index (χ1n) is 9.57. The molecule has 3 heterocycles. The maximum Gasteiger partial charge on any atom is 0.255 e. The second-order valence-electron chi connectivity index (χ2n) is 7.34. The summed E-state index contributed by atoms with van der Waals surface area (Å²) in [5.41, 5.74) is 2.89. The predicted molar refractivity (Wildman–Crippen MR) is 99.3 cm³/mol. The molecule has 1 saturated carbocycles. The highest BCUT2D eigenvalue weighted by Crippen LogP contribution is 2.31. The molecule has 1 aliphatic carbocycles. The smallest absolute Gasteiger partial charge is 0.255 e. The number of aromatic nitrogens is 3. The monoisotopic (exact) mass is 354 g/mol. The molecular weight excluding hydrogens is 328 g/mol. The van der Waals surface area contributed by atoms with Crippen molar-refractivity contribution in [1.82, 2.24) is 19.9 Å². The number of pyridine rings is 1. The van der Waals surface area contributed by atoms with Crippen LogP contribution in [0.25, 0.3) is 0 Å². The number of nitrogens with one attached hydrogen (secondary N) is 1. The Morgan fingerprint density at radius 3 is 2.96 bits per heavy atom. The van der Waals surface area contributed by atoms with E-state index in [2.05, 4.69) is 14.9 Å². The van der Waals surface area contributed by atoms with Crippen molar-refractivity contribution in [3.05, 3.63) is 51.3 Å². The van der Waals surface area contributed by atoms with Gasteiger partial charge in [-0.2, -0.15) is 0 Å². The first-order valence-corrected chi connectivity index (χ1v) is 9.57. The highest BCUT2D eigenvalue weighted by atomic mass is 16.5. The lowest BCUT2D eigenvalue weighted by atomic mass is 9.88. The topological polar surface area (TPSA) is 71.1 Å². The van der Waals surface area contributed by atoms with Gasteiger partial charge in [0.25, 0.3) is 5.56 Å². The maximum atomic E-state index is 12.7. The van der Waals surface area contributed by atoms with Gasteiger partial charge in [-0.3, -0.25) is 9.69 Å². The second-order valence-corrected chi connectivity index (χ2v) is 7.34. The van der Waals surface area contributed by atoms with Crippen LogP contribution >= 0.6 is 0 Å². The third-order valence-electron chi connectivity index (χ3n) is 5.60. The summed E-state index contributed by atoms with van der Waals surface area (Å²) in [5, 5.41) is 0. The number of rotatable bonds is 4. The van der Waals surface area contributed by atoms with Gasteiger partial charge in [-0.1, -0.05) is 25.3 Å². The van der Waals surface area contributed by atoms with Crippen molar-refractivity contribution in [2.75, 3.05) is 13.7 Å². The van der Waals surface area contributed by atoms with Crippen LogP contribution in [-0.4, -0.2) is 33.5 Å². The number of methoxy groups -OCH3 is 1. The van der Waals surface area contributed by atoms with E-state index in [0.29, 0.717) is 18.3 Å². The third kappa shape index (κ3) is 3.51. The van der Waals surface area contributed by atoms with Gasteiger partial charge in [0.05, 0.1) is 18.4 Å². The molecule has 1 N–H and O–H groups in total. The Hall–Kier alpha value is -2.21. The lowest BCUT2D eigenvalue weighted by Crippen LogP contribution is -2.36. The molecule has 138 valence electrons. The second kappa shape index (κ2) is 7.58. The number of nitrogens with zero attached hydrogens (tertiary/aromatic N) is 3. The fraction of sp³-hybridized carbons (Fsp3) is 0.550. The summed E-state index contributed by atoms with van der Waals surface area (Å²) in [6.45, 7) is 2.24. The van der Waals surface area contributed by atoms with Crippen LogP contribution in [0.5, 0.6) is 5.88 Å². The maximum absolute atomic E-state index is 12.7. The normalized spacial score (nSPS) is 18.5. The van der Waals surface area contributed by atoms with Crippen molar-refractivity contribution in [1.29, 1.82) is 0 Å². The van der Waals surface area contributed by atoms with Crippen molar-refractivity contribution in [2.45, 2.75) is 57.5 Å². The Balaban J connectivity index is 1.53. The van der Waals surface area contributed by atoms with Gasteiger partial charge in [-0.15, -0.1) is 0 Å². The average molecular weight is 354 g/mol. The van der Waals surface area contributed by atoms with E-state index in [9.17, 15) is 4.79 Å². The Bertz CT molecular complexity index is 827. The zero-order chi connectivity index (χ0) is 17.9. The highest BCUT2D eigenvalue weighted by Gasteiger charge is 2.25. The van der Waals surface area contributed by atoms with Crippen LogP contribution in [0, 0.1) is 0 Å². The van der Waals surface area contributed by atoms with Gasteiger partial charge in [0, 0.05) is 43.7 Å². The Labute approximate surface area is 153 Å². The molecule has 0 spiro atoms. The van der Waals surface area contributed by atoms with Crippen LogP contribution in [0.1, 0.15) is 60.7 Å². The minimum Gasteiger partial charge on any atom is -0.481 e. The molecule has 0 amide bonds. The van der Waals surface area contributed by atoms with Gasteiger partial charge < -0.3 is 9.72 Å². The zero-order valence-electron chi connectivity index (χ0n) is 15.3.